The van der Waals surface area contributed by atoms with Crippen molar-refractivity contribution in [3.63, 3.8) is 0 Å². The molecule has 0 saturated heterocycles. The minimum Gasteiger partial charge on any atom is -0.0651 e. The number of rotatable bonds is 1. The van der Waals surface area contributed by atoms with E-state index in [4.69, 9.17) is 8.22 Å². The molecule has 0 amide bonds. The van der Waals surface area contributed by atoms with Crippen LogP contribution in [0, 0.1) is 23.1 Å². The third-order valence-corrected chi connectivity index (χ3v) is 4.49. The molecule has 2 saturated carbocycles. The van der Waals surface area contributed by atoms with Crippen LogP contribution in [0.15, 0.2) is 0 Å². The first-order valence-corrected chi connectivity index (χ1v) is 10.1. The smallest absolute Gasteiger partial charge is 0.0300 e. The van der Waals surface area contributed by atoms with Gasteiger partial charge in [-0.2, -0.15) is 0 Å². The molecular weight excluding hydrogens is 288 g/mol. The largest absolute Gasteiger partial charge is 0.0651 e. The fourth-order valence-electron chi connectivity index (χ4n) is 2.13. The van der Waals surface area contributed by atoms with Crippen molar-refractivity contribution >= 4 is 0 Å². The molecule has 0 nitrogen and oxygen atoms in total. The van der Waals surface area contributed by atoms with Crippen LogP contribution in [-0.2, 0) is 0 Å². The zero-order valence-electron chi connectivity index (χ0n) is 24.4. The second kappa shape index (κ2) is 16.5. The lowest BCUT2D eigenvalue weighted by Gasteiger charge is -2.15. The summed E-state index contributed by atoms with van der Waals surface area (Å²) in [4.78, 5) is 0. The molecule has 24 heavy (non-hydrogen) atoms. The molecule has 0 N–H and O–H groups in total. The summed E-state index contributed by atoms with van der Waals surface area (Å²) < 4.78 is 43.7. The summed E-state index contributed by atoms with van der Waals surface area (Å²) in [5.74, 6) is 0.00521. The Morgan fingerprint density at radius 3 is 1.21 bits per heavy atom. The summed E-state index contributed by atoms with van der Waals surface area (Å²) in [6.07, 6.45) is 8.88. The highest BCUT2D eigenvalue weighted by Gasteiger charge is 2.07. The normalized spacial score (nSPS) is 26.2. The molecule has 0 aromatic rings. The SMILES string of the molecule is [2H]C([2H])(C)C(C)(C)C.[2H]C([2H])(C)C(C)C.[2H]C1(C)CCCC1.[2H]C1(C)CCCCC1. The Kier molecular flexibility index (Phi) is 11.1. The molecule has 0 atom stereocenters. The van der Waals surface area contributed by atoms with Gasteiger partial charge in [-0.25, -0.2) is 0 Å². The second-order valence-electron chi connectivity index (χ2n) is 8.63. The summed E-state index contributed by atoms with van der Waals surface area (Å²) in [5.41, 5.74) is -0.229. The lowest BCUT2D eigenvalue weighted by Crippen LogP contribution is -2.00. The summed E-state index contributed by atoms with van der Waals surface area (Å²) in [6.45, 7) is 16.7. The maximum Gasteiger partial charge on any atom is 0.0300 e. The highest BCUT2D eigenvalue weighted by molar-refractivity contribution is 4.61. The molecule has 0 spiro atoms. The minimum absolute atomic E-state index is 0.0556. The van der Waals surface area contributed by atoms with E-state index in [0.29, 0.717) is 0 Å². The molecule has 0 heterocycles. The first-order chi connectivity index (χ1) is 13.1. The van der Waals surface area contributed by atoms with Gasteiger partial charge >= 0.3 is 0 Å². The van der Waals surface area contributed by atoms with Gasteiger partial charge in [0.1, 0.15) is 0 Å². The van der Waals surface area contributed by atoms with Gasteiger partial charge in [-0.05, 0) is 23.1 Å². The van der Waals surface area contributed by atoms with Crippen molar-refractivity contribution in [2.75, 3.05) is 0 Å². The van der Waals surface area contributed by atoms with Gasteiger partial charge in [-0.15, -0.1) is 0 Å². The molecular formula is C24H52. The van der Waals surface area contributed by atoms with E-state index in [2.05, 4.69) is 0 Å². The average molecular weight is 347 g/mol. The molecule has 2 aliphatic rings. The number of hydrogen-bond acceptors (Lipinski definition) is 0. The Morgan fingerprint density at radius 2 is 1.08 bits per heavy atom. The fourth-order valence-corrected chi connectivity index (χ4v) is 2.13. The van der Waals surface area contributed by atoms with E-state index in [1.807, 2.05) is 48.5 Å². The molecule has 2 rings (SSSR count). The second-order valence-corrected chi connectivity index (χ2v) is 8.63. The topological polar surface area (TPSA) is 0 Å². The molecule has 0 aliphatic heterocycles. The van der Waals surface area contributed by atoms with Crippen LogP contribution in [0.3, 0.4) is 0 Å². The summed E-state index contributed by atoms with van der Waals surface area (Å²) >= 11 is 0. The Morgan fingerprint density at radius 1 is 0.833 bits per heavy atom. The third kappa shape index (κ3) is 24.3. The van der Waals surface area contributed by atoms with Crippen LogP contribution in [0.4, 0.5) is 0 Å². The van der Waals surface area contributed by atoms with Crippen LogP contribution in [0.5, 0.6) is 0 Å². The molecule has 2 aliphatic carbocycles. The van der Waals surface area contributed by atoms with E-state index >= 15 is 0 Å². The van der Waals surface area contributed by atoms with Crippen LogP contribution in [0.25, 0.3) is 0 Å². The molecule has 0 unspecified atom stereocenters. The van der Waals surface area contributed by atoms with E-state index < -0.39 is 12.7 Å². The van der Waals surface area contributed by atoms with Gasteiger partial charge < -0.3 is 0 Å². The van der Waals surface area contributed by atoms with E-state index in [0.717, 1.165) is 25.7 Å². The van der Waals surface area contributed by atoms with Crippen molar-refractivity contribution < 1.29 is 8.22 Å². The monoisotopic (exact) mass is 346 g/mol. The molecule has 0 heteroatoms. The minimum atomic E-state index is -1.06. The van der Waals surface area contributed by atoms with E-state index in [1.54, 1.807) is 13.8 Å². The predicted octanol–water partition coefficient (Wildman–Crippen LogP) is 9.28. The van der Waals surface area contributed by atoms with Crippen LogP contribution in [-0.4, -0.2) is 0 Å². The van der Waals surface area contributed by atoms with Gasteiger partial charge in [-0.3, -0.25) is 0 Å². The first-order valence-electron chi connectivity index (χ1n) is 13.1. The predicted molar refractivity (Wildman–Crippen MR) is 115 cm³/mol. The van der Waals surface area contributed by atoms with Gasteiger partial charge in [0.15, 0.2) is 0 Å². The van der Waals surface area contributed by atoms with Gasteiger partial charge in [0.2, 0.25) is 0 Å². The maximum atomic E-state index is 7.63. The highest BCUT2D eigenvalue weighted by Crippen LogP contribution is 2.23. The van der Waals surface area contributed by atoms with E-state index in [1.165, 1.54) is 32.1 Å². The molecule has 0 aromatic carbocycles. The zero-order valence-corrected chi connectivity index (χ0v) is 18.4. The molecule has 2 fully saturated rings. The van der Waals surface area contributed by atoms with Crippen LogP contribution < -0.4 is 0 Å². The Balaban J connectivity index is 0. The molecule has 0 aromatic heterocycles. The summed E-state index contributed by atoms with van der Waals surface area (Å²) in [7, 11) is 0. The van der Waals surface area contributed by atoms with E-state index in [-0.39, 0.29) is 23.1 Å². The van der Waals surface area contributed by atoms with Crippen molar-refractivity contribution in [1.82, 2.24) is 0 Å². The third-order valence-electron chi connectivity index (χ3n) is 4.49. The van der Waals surface area contributed by atoms with E-state index in [9.17, 15) is 0 Å². The number of hydrogen-bond donors (Lipinski definition) is 0. The van der Waals surface area contributed by atoms with Gasteiger partial charge in [0.05, 0.1) is 0 Å². The molecule has 0 radical (unpaired) electrons. The standard InChI is InChI=1S/C7H14.C6H12.C6H14.C5H12/c1-7-5-3-2-4-6-7;1-6-4-2-3-5-6;1-5-6(2,3)4;1-4-5(2)3/h7H,2-6H2,1H3;6H,2-5H2,1H3;5H2,1-4H3;5H,4H2,1-3H3/i7D;6D;5D2;4D2. The van der Waals surface area contributed by atoms with Gasteiger partial charge in [-0.1, -0.05) is 133 Å². The Bertz CT molecular complexity index is 405. The molecule has 0 bridgehead atoms. The highest BCUT2D eigenvalue weighted by atomic mass is 14.1. The summed E-state index contributed by atoms with van der Waals surface area (Å²) in [6, 6.07) is 0. The lowest BCUT2D eigenvalue weighted by molar-refractivity contribution is 0.385. The summed E-state index contributed by atoms with van der Waals surface area (Å²) in [5, 5.41) is 0. The fraction of sp³-hybridized carbons (Fsp3) is 1.00. The Labute approximate surface area is 165 Å². The van der Waals surface area contributed by atoms with Crippen molar-refractivity contribution in [1.29, 1.82) is 0 Å². The lowest BCUT2D eigenvalue weighted by atomic mass is 9.91. The van der Waals surface area contributed by atoms with Gasteiger partial charge in [0.25, 0.3) is 0 Å². The van der Waals surface area contributed by atoms with Gasteiger partial charge in [0, 0.05) is 8.22 Å². The Hall–Kier alpha value is 0. The van der Waals surface area contributed by atoms with Crippen LogP contribution >= 0.6 is 0 Å². The zero-order chi connectivity index (χ0) is 24.4. The van der Waals surface area contributed by atoms with Crippen molar-refractivity contribution in [3.8, 4) is 0 Å². The van der Waals surface area contributed by atoms with Crippen molar-refractivity contribution in [2.24, 2.45) is 23.1 Å². The molecule has 148 valence electrons. The first kappa shape index (κ1) is 16.2. The quantitative estimate of drug-likeness (QED) is 0.443. The van der Waals surface area contributed by atoms with Crippen LogP contribution in [0.2, 0.25) is 0 Å². The van der Waals surface area contributed by atoms with Crippen molar-refractivity contribution in [3.05, 3.63) is 0 Å². The van der Waals surface area contributed by atoms with Crippen LogP contribution in [0.1, 0.15) is 141 Å². The maximum absolute atomic E-state index is 7.63. The van der Waals surface area contributed by atoms with Crippen molar-refractivity contribution in [2.45, 2.75) is 133 Å². The average Bonchev–Trinajstić information content (AvgIpc) is 2.90.